The molecule has 0 saturated heterocycles. The number of esters is 2. The zero-order valence-electron chi connectivity index (χ0n) is 26.4. The lowest BCUT2D eigenvalue weighted by Gasteiger charge is -2.09. The number of Topliss-reactive ketones (excluding diaryl/α,β-unsaturated/α-hetero) is 2. The Morgan fingerprint density at radius 2 is 1.07 bits per heavy atom. The van der Waals surface area contributed by atoms with Gasteiger partial charge in [-0.05, 0) is 24.0 Å². The molecule has 6 nitrogen and oxygen atoms in total. The van der Waals surface area contributed by atoms with Crippen molar-refractivity contribution in [2.75, 3.05) is 13.2 Å². The number of ether oxygens (including phenoxy) is 2. The minimum absolute atomic E-state index is 0.199. The number of rotatable bonds is 20. The lowest BCUT2D eigenvalue weighted by atomic mass is 9.97. The Morgan fingerprint density at radius 1 is 0.571 bits per heavy atom. The van der Waals surface area contributed by atoms with Gasteiger partial charge in [0.05, 0.1) is 13.2 Å². The first-order valence-corrected chi connectivity index (χ1v) is 15.8. The van der Waals surface area contributed by atoms with Crippen molar-refractivity contribution >= 4 is 23.5 Å². The van der Waals surface area contributed by atoms with E-state index in [0.29, 0.717) is 38.9 Å². The Balaban J connectivity index is 0.000000420. The van der Waals surface area contributed by atoms with Crippen LogP contribution in [-0.4, -0.2) is 36.7 Å². The molecule has 0 heterocycles. The topological polar surface area (TPSA) is 86.7 Å². The average Bonchev–Trinajstić information content (AvgIpc) is 2.97. The number of unbranched alkanes of at least 4 members (excludes halogenated alkanes) is 8. The Hall–Kier alpha value is -3.28. The molecule has 0 spiro atoms. The molecule has 0 atom stereocenters. The first kappa shape index (κ1) is 36.7. The van der Waals surface area contributed by atoms with E-state index in [9.17, 15) is 19.2 Å². The molecule has 42 heavy (non-hydrogen) atoms. The standard InChI is InChI=1S/2C18H26O3/c1-3-4-5-6-7-12-18(20)17-11-9-8-10-16(17)13-14-21-15(2)19;1-3-4-5-6-7-8-18(20)17-11-9-16(10-12-17)13-14-21-15(2)19/h8-11H,3-7,12-14H2,1-2H3;9-12H,3-8,13-14H2,1-2H3. The van der Waals surface area contributed by atoms with Crippen LogP contribution in [0.3, 0.4) is 0 Å². The van der Waals surface area contributed by atoms with Crippen molar-refractivity contribution in [3.05, 3.63) is 70.8 Å². The minimum atomic E-state index is -0.283. The van der Waals surface area contributed by atoms with Crippen molar-refractivity contribution in [1.82, 2.24) is 0 Å². The average molecular weight is 581 g/mol. The molecule has 0 bridgehead atoms. The second-order valence-electron chi connectivity index (χ2n) is 10.7. The van der Waals surface area contributed by atoms with Gasteiger partial charge in [-0.2, -0.15) is 0 Å². The minimum Gasteiger partial charge on any atom is -0.466 e. The van der Waals surface area contributed by atoms with E-state index < -0.39 is 0 Å². The molecule has 0 aliphatic heterocycles. The summed E-state index contributed by atoms with van der Waals surface area (Å²) in [6.07, 6.45) is 14.1. The molecule has 232 valence electrons. The molecule has 6 heteroatoms. The van der Waals surface area contributed by atoms with E-state index in [1.54, 1.807) is 0 Å². The SMILES string of the molecule is CCCCCCCC(=O)c1ccc(CCOC(C)=O)cc1.CCCCCCCC(=O)c1ccccc1CCOC(C)=O. The Labute approximate surface area is 253 Å². The molecule has 0 unspecified atom stereocenters. The van der Waals surface area contributed by atoms with Gasteiger partial charge in [0.1, 0.15) is 0 Å². The highest BCUT2D eigenvalue weighted by Crippen LogP contribution is 2.15. The van der Waals surface area contributed by atoms with Gasteiger partial charge in [0.2, 0.25) is 0 Å². The molecule has 0 aliphatic carbocycles. The Bertz CT molecular complexity index is 1060. The number of carbonyl (C=O) groups is 4. The molecule has 0 N–H and O–H groups in total. The molecule has 2 aromatic carbocycles. The van der Waals surface area contributed by atoms with Crippen LogP contribution in [0.4, 0.5) is 0 Å². The van der Waals surface area contributed by atoms with Crippen molar-refractivity contribution in [2.45, 2.75) is 118 Å². The molecule has 0 amide bonds. The van der Waals surface area contributed by atoms with E-state index in [0.717, 1.165) is 47.9 Å². The summed E-state index contributed by atoms with van der Waals surface area (Å²) in [6.45, 7) is 7.89. The van der Waals surface area contributed by atoms with Gasteiger partial charge in [-0.15, -0.1) is 0 Å². The van der Waals surface area contributed by atoms with Crippen LogP contribution in [0.2, 0.25) is 0 Å². The summed E-state index contributed by atoms with van der Waals surface area (Å²) < 4.78 is 9.86. The van der Waals surface area contributed by atoms with E-state index in [1.807, 2.05) is 48.5 Å². The van der Waals surface area contributed by atoms with Crippen molar-refractivity contribution < 1.29 is 28.7 Å². The monoisotopic (exact) mass is 580 g/mol. The fourth-order valence-electron chi connectivity index (χ4n) is 4.54. The van der Waals surface area contributed by atoms with Crippen LogP contribution >= 0.6 is 0 Å². The number of hydrogen-bond donors (Lipinski definition) is 0. The highest BCUT2D eigenvalue weighted by atomic mass is 16.5. The molecule has 0 saturated carbocycles. The van der Waals surface area contributed by atoms with Crippen molar-refractivity contribution in [3.63, 3.8) is 0 Å². The molecule has 2 rings (SSSR count). The van der Waals surface area contributed by atoms with Gasteiger partial charge < -0.3 is 9.47 Å². The molecule has 0 radical (unpaired) electrons. The van der Waals surface area contributed by atoms with Crippen molar-refractivity contribution in [3.8, 4) is 0 Å². The van der Waals surface area contributed by atoms with Gasteiger partial charge in [-0.25, -0.2) is 0 Å². The van der Waals surface area contributed by atoms with Gasteiger partial charge in [0.15, 0.2) is 11.6 Å². The first-order chi connectivity index (χ1) is 20.3. The maximum Gasteiger partial charge on any atom is 0.302 e. The number of ketones is 2. The lowest BCUT2D eigenvalue weighted by molar-refractivity contribution is -0.141. The summed E-state index contributed by atoms with van der Waals surface area (Å²) in [4.78, 5) is 45.8. The fraction of sp³-hybridized carbons (Fsp3) is 0.556. The zero-order chi connectivity index (χ0) is 31.0. The molecular weight excluding hydrogens is 528 g/mol. The zero-order valence-corrected chi connectivity index (χ0v) is 26.4. The van der Waals surface area contributed by atoms with E-state index in [1.165, 1.54) is 52.4 Å². The highest BCUT2D eigenvalue weighted by molar-refractivity contribution is 5.97. The fourth-order valence-corrected chi connectivity index (χ4v) is 4.54. The molecular formula is C36H52O6. The number of hydrogen-bond acceptors (Lipinski definition) is 6. The van der Waals surface area contributed by atoms with Crippen LogP contribution in [0.15, 0.2) is 48.5 Å². The predicted octanol–water partition coefficient (Wildman–Crippen LogP) is 8.67. The quantitative estimate of drug-likeness (QED) is 0.0885. The van der Waals surface area contributed by atoms with Gasteiger partial charge in [0.25, 0.3) is 0 Å². The van der Waals surface area contributed by atoms with Gasteiger partial charge in [-0.1, -0.05) is 114 Å². The van der Waals surface area contributed by atoms with Crippen LogP contribution < -0.4 is 0 Å². The number of carbonyl (C=O) groups excluding carboxylic acids is 4. The van der Waals surface area contributed by atoms with E-state index in [2.05, 4.69) is 13.8 Å². The second kappa shape index (κ2) is 23.3. The summed E-state index contributed by atoms with van der Waals surface area (Å²) in [5, 5.41) is 0. The summed E-state index contributed by atoms with van der Waals surface area (Å²) in [7, 11) is 0. The third kappa shape index (κ3) is 17.5. The van der Waals surface area contributed by atoms with Crippen molar-refractivity contribution in [1.29, 1.82) is 0 Å². The molecule has 0 aromatic heterocycles. The molecule has 0 fully saturated rings. The second-order valence-corrected chi connectivity index (χ2v) is 10.7. The van der Waals surface area contributed by atoms with Crippen LogP contribution in [-0.2, 0) is 31.9 Å². The third-order valence-corrected chi connectivity index (χ3v) is 6.98. The largest absolute Gasteiger partial charge is 0.466 e. The van der Waals surface area contributed by atoms with Crippen molar-refractivity contribution in [2.24, 2.45) is 0 Å². The predicted molar refractivity (Wildman–Crippen MR) is 169 cm³/mol. The van der Waals surface area contributed by atoms with E-state index in [4.69, 9.17) is 9.47 Å². The van der Waals surface area contributed by atoms with E-state index >= 15 is 0 Å². The van der Waals surface area contributed by atoms with Gasteiger partial charge in [0, 0.05) is 50.7 Å². The summed E-state index contributed by atoms with van der Waals surface area (Å²) >= 11 is 0. The Kier molecular flexibility index (Phi) is 20.4. The normalized spacial score (nSPS) is 10.4. The highest BCUT2D eigenvalue weighted by Gasteiger charge is 2.11. The smallest absolute Gasteiger partial charge is 0.302 e. The number of benzene rings is 2. The Morgan fingerprint density at radius 3 is 1.62 bits per heavy atom. The van der Waals surface area contributed by atoms with Crippen LogP contribution in [0, 0.1) is 0 Å². The van der Waals surface area contributed by atoms with Crippen LogP contribution in [0.1, 0.15) is 137 Å². The van der Waals surface area contributed by atoms with Crippen LogP contribution in [0.25, 0.3) is 0 Å². The summed E-state index contributed by atoms with van der Waals surface area (Å²) in [5.41, 5.74) is 3.61. The molecule has 2 aromatic rings. The summed E-state index contributed by atoms with van der Waals surface area (Å²) in [6, 6.07) is 15.2. The summed E-state index contributed by atoms with van der Waals surface area (Å²) in [5.74, 6) is -0.123. The maximum absolute atomic E-state index is 12.3. The third-order valence-electron chi connectivity index (χ3n) is 6.98. The maximum atomic E-state index is 12.3. The lowest BCUT2D eigenvalue weighted by Crippen LogP contribution is -2.08. The van der Waals surface area contributed by atoms with Gasteiger partial charge >= 0.3 is 11.9 Å². The van der Waals surface area contributed by atoms with Crippen LogP contribution in [0.5, 0.6) is 0 Å². The molecule has 0 aliphatic rings. The van der Waals surface area contributed by atoms with E-state index in [-0.39, 0.29) is 23.5 Å². The first-order valence-electron chi connectivity index (χ1n) is 15.8. The van der Waals surface area contributed by atoms with Gasteiger partial charge in [-0.3, -0.25) is 19.2 Å².